The first kappa shape index (κ1) is 14.3. The van der Waals surface area contributed by atoms with Crippen molar-refractivity contribution in [1.82, 2.24) is 19.7 Å². The molecule has 1 saturated heterocycles. The van der Waals surface area contributed by atoms with Gasteiger partial charge < -0.3 is 9.47 Å². The molecule has 2 aromatic heterocycles. The largest absolute Gasteiger partial charge is 0.340 e. The van der Waals surface area contributed by atoms with Crippen molar-refractivity contribution in [3.63, 3.8) is 0 Å². The van der Waals surface area contributed by atoms with Crippen molar-refractivity contribution in [2.45, 2.75) is 38.6 Å². The van der Waals surface area contributed by atoms with E-state index in [1.807, 2.05) is 22.4 Å². The van der Waals surface area contributed by atoms with Crippen molar-refractivity contribution < 1.29 is 4.79 Å². The molecule has 1 amide bonds. The number of likely N-dealkylation sites (tertiary alicyclic amines) is 1. The molecule has 1 fully saturated rings. The summed E-state index contributed by atoms with van der Waals surface area (Å²) >= 11 is 1.64. The van der Waals surface area contributed by atoms with Crippen molar-refractivity contribution in [3.05, 3.63) is 34.5 Å². The minimum atomic E-state index is 0.221. The highest BCUT2D eigenvalue weighted by Crippen LogP contribution is 2.25. The third-order valence-electron chi connectivity index (χ3n) is 3.93. The van der Waals surface area contributed by atoms with Gasteiger partial charge in [0.05, 0.1) is 12.5 Å². The molecule has 0 unspecified atom stereocenters. The first-order valence-corrected chi connectivity index (χ1v) is 8.22. The molecule has 21 heavy (non-hydrogen) atoms. The highest BCUT2D eigenvalue weighted by molar-refractivity contribution is 7.10. The molecule has 0 N–H and O–H groups in total. The predicted molar refractivity (Wildman–Crippen MR) is 82.4 cm³/mol. The Bertz CT molecular complexity index is 605. The maximum absolute atomic E-state index is 12.3. The summed E-state index contributed by atoms with van der Waals surface area (Å²) in [6, 6.07) is 4.32. The molecule has 0 radical (unpaired) electrons. The van der Waals surface area contributed by atoms with E-state index in [0.717, 1.165) is 30.2 Å². The summed E-state index contributed by atoms with van der Waals surface area (Å²) in [5, 5.41) is 10.2. The molecule has 0 aliphatic carbocycles. The maximum atomic E-state index is 12.3. The Morgan fingerprint density at radius 3 is 3.10 bits per heavy atom. The molecule has 3 heterocycles. The zero-order valence-electron chi connectivity index (χ0n) is 12.4. The standard InChI is InChI=1S/C15H20N4OS/c1-11(2)15-17-16-10-19(15)12-5-6-18(9-12)14(20)8-13-4-3-7-21-13/h3-4,7,10-12H,5-6,8-9H2,1-2H3/t12-/m0/s1. The Morgan fingerprint density at radius 1 is 1.52 bits per heavy atom. The average Bonchev–Trinajstić information content (AvgIpc) is 3.19. The third-order valence-corrected chi connectivity index (χ3v) is 4.81. The van der Waals surface area contributed by atoms with Gasteiger partial charge in [-0.15, -0.1) is 21.5 Å². The van der Waals surface area contributed by atoms with E-state index in [9.17, 15) is 4.79 Å². The van der Waals surface area contributed by atoms with Gasteiger partial charge in [-0.25, -0.2) is 0 Å². The maximum Gasteiger partial charge on any atom is 0.227 e. The van der Waals surface area contributed by atoms with Gasteiger partial charge in [-0.05, 0) is 17.9 Å². The summed E-state index contributed by atoms with van der Waals surface area (Å²) in [5.74, 6) is 1.58. The highest BCUT2D eigenvalue weighted by atomic mass is 32.1. The first-order valence-electron chi connectivity index (χ1n) is 7.34. The summed E-state index contributed by atoms with van der Waals surface area (Å²) in [5.41, 5.74) is 0. The lowest BCUT2D eigenvalue weighted by atomic mass is 10.2. The molecule has 3 rings (SSSR count). The molecular formula is C15H20N4OS. The molecule has 6 heteroatoms. The van der Waals surface area contributed by atoms with Crippen molar-refractivity contribution in [3.8, 4) is 0 Å². The Kier molecular flexibility index (Phi) is 4.05. The molecule has 0 spiro atoms. The Morgan fingerprint density at radius 2 is 2.38 bits per heavy atom. The molecule has 1 aliphatic heterocycles. The minimum Gasteiger partial charge on any atom is -0.340 e. The van der Waals surface area contributed by atoms with Crippen LogP contribution in [0.2, 0.25) is 0 Å². The molecule has 1 atom stereocenters. The SMILES string of the molecule is CC(C)c1nncn1[C@H]1CCN(C(=O)Cc2cccs2)C1. The molecule has 0 aromatic carbocycles. The average molecular weight is 304 g/mol. The smallest absolute Gasteiger partial charge is 0.227 e. The van der Waals surface area contributed by atoms with Crippen LogP contribution in [-0.2, 0) is 11.2 Å². The highest BCUT2D eigenvalue weighted by Gasteiger charge is 2.29. The summed E-state index contributed by atoms with van der Waals surface area (Å²) in [7, 11) is 0. The normalized spacial score (nSPS) is 18.6. The number of hydrogen-bond donors (Lipinski definition) is 0. The van der Waals surface area contributed by atoms with Gasteiger partial charge >= 0.3 is 0 Å². The van der Waals surface area contributed by atoms with E-state index in [2.05, 4.69) is 28.6 Å². The lowest BCUT2D eigenvalue weighted by molar-refractivity contribution is -0.129. The topological polar surface area (TPSA) is 51.0 Å². The Balaban J connectivity index is 1.65. The number of nitrogens with zero attached hydrogens (tertiary/aromatic N) is 4. The summed E-state index contributed by atoms with van der Waals surface area (Å²) < 4.78 is 2.14. The third kappa shape index (κ3) is 3.00. The molecule has 5 nitrogen and oxygen atoms in total. The van der Waals surface area contributed by atoms with Gasteiger partial charge in [0.15, 0.2) is 0 Å². The van der Waals surface area contributed by atoms with Gasteiger partial charge in [-0.2, -0.15) is 0 Å². The molecule has 1 aliphatic rings. The van der Waals surface area contributed by atoms with Crippen molar-refractivity contribution in [2.24, 2.45) is 0 Å². The summed E-state index contributed by atoms with van der Waals surface area (Å²) in [6.45, 7) is 5.83. The van der Waals surface area contributed by atoms with Crippen LogP contribution < -0.4 is 0 Å². The fourth-order valence-corrected chi connectivity index (χ4v) is 3.51. The molecule has 0 bridgehead atoms. The predicted octanol–water partition coefficient (Wildman–Crippen LogP) is 2.48. The van der Waals surface area contributed by atoms with Crippen molar-refractivity contribution in [1.29, 1.82) is 0 Å². The van der Waals surface area contributed by atoms with Crippen molar-refractivity contribution >= 4 is 17.2 Å². The fraction of sp³-hybridized carbons (Fsp3) is 0.533. The van der Waals surface area contributed by atoms with E-state index in [1.165, 1.54) is 0 Å². The van der Waals surface area contributed by atoms with Crippen LogP contribution >= 0.6 is 11.3 Å². The zero-order valence-corrected chi connectivity index (χ0v) is 13.2. The first-order chi connectivity index (χ1) is 10.1. The van der Waals surface area contributed by atoms with Crippen LogP contribution in [0.3, 0.4) is 0 Å². The lowest BCUT2D eigenvalue weighted by Crippen LogP contribution is -2.30. The van der Waals surface area contributed by atoms with E-state index in [-0.39, 0.29) is 5.91 Å². The lowest BCUT2D eigenvalue weighted by Gasteiger charge is -2.18. The number of thiophene rings is 1. The van der Waals surface area contributed by atoms with Gasteiger partial charge in [0, 0.05) is 23.9 Å². The van der Waals surface area contributed by atoms with Gasteiger partial charge in [-0.1, -0.05) is 19.9 Å². The number of aromatic nitrogens is 3. The van der Waals surface area contributed by atoms with Crippen LogP contribution in [0.5, 0.6) is 0 Å². The second-order valence-corrected chi connectivity index (χ2v) is 6.82. The fourth-order valence-electron chi connectivity index (χ4n) is 2.82. The molecule has 112 valence electrons. The van der Waals surface area contributed by atoms with E-state index in [0.29, 0.717) is 18.4 Å². The number of rotatable bonds is 4. The second kappa shape index (κ2) is 5.97. The van der Waals surface area contributed by atoms with E-state index < -0.39 is 0 Å². The monoisotopic (exact) mass is 304 g/mol. The molecule has 2 aromatic rings. The van der Waals surface area contributed by atoms with E-state index in [4.69, 9.17) is 0 Å². The minimum absolute atomic E-state index is 0.221. The molecule has 0 saturated carbocycles. The van der Waals surface area contributed by atoms with E-state index >= 15 is 0 Å². The van der Waals surface area contributed by atoms with E-state index in [1.54, 1.807) is 17.7 Å². The van der Waals surface area contributed by atoms with Crippen LogP contribution in [0, 0.1) is 0 Å². The van der Waals surface area contributed by atoms with Crippen LogP contribution in [-0.4, -0.2) is 38.7 Å². The van der Waals surface area contributed by atoms with Crippen molar-refractivity contribution in [2.75, 3.05) is 13.1 Å². The number of hydrogen-bond acceptors (Lipinski definition) is 4. The second-order valence-electron chi connectivity index (χ2n) is 5.79. The number of amides is 1. The van der Waals surface area contributed by atoms with Crippen LogP contribution in [0.15, 0.2) is 23.8 Å². The van der Waals surface area contributed by atoms with Gasteiger partial charge in [0.2, 0.25) is 5.91 Å². The Hall–Kier alpha value is -1.69. The van der Waals surface area contributed by atoms with Gasteiger partial charge in [0.1, 0.15) is 12.2 Å². The van der Waals surface area contributed by atoms with Gasteiger partial charge in [-0.3, -0.25) is 4.79 Å². The Labute approximate surface area is 128 Å². The zero-order chi connectivity index (χ0) is 14.8. The molecular weight excluding hydrogens is 284 g/mol. The van der Waals surface area contributed by atoms with Crippen LogP contribution in [0.4, 0.5) is 0 Å². The summed E-state index contributed by atoms with van der Waals surface area (Å²) in [6.07, 6.45) is 3.30. The number of carbonyl (C=O) groups excluding carboxylic acids is 1. The summed E-state index contributed by atoms with van der Waals surface area (Å²) in [4.78, 5) is 15.4. The van der Waals surface area contributed by atoms with Crippen LogP contribution in [0.1, 0.15) is 42.9 Å². The quantitative estimate of drug-likeness (QED) is 0.872. The van der Waals surface area contributed by atoms with Crippen LogP contribution in [0.25, 0.3) is 0 Å². The number of carbonyl (C=O) groups is 1. The van der Waals surface area contributed by atoms with Gasteiger partial charge in [0.25, 0.3) is 0 Å².